The molecule has 1 aliphatic rings. The van der Waals surface area contributed by atoms with Gasteiger partial charge in [0, 0.05) is 11.6 Å². The van der Waals surface area contributed by atoms with Gasteiger partial charge in [0.1, 0.15) is 0 Å². The van der Waals surface area contributed by atoms with Gasteiger partial charge in [-0.05, 0) is 42.7 Å². The monoisotopic (exact) mass is 414 g/mol. The van der Waals surface area contributed by atoms with E-state index >= 15 is 0 Å². The second-order valence-corrected chi connectivity index (χ2v) is 10.3. The zero-order valence-corrected chi connectivity index (χ0v) is 16.5. The van der Waals surface area contributed by atoms with Crippen molar-refractivity contribution in [3.8, 4) is 0 Å². The molecule has 0 unspecified atom stereocenters. The maximum absolute atomic E-state index is 12.5. The SMILES string of the molecule is Cc1ccc(N2CCCS2(=O)=O)cc1NS(=O)(=O)Cc1ccccc1Cl. The Kier molecular flexibility index (Phi) is 5.18. The van der Waals surface area contributed by atoms with Crippen molar-refractivity contribution in [2.75, 3.05) is 21.3 Å². The molecule has 0 bridgehead atoms. The number of nitrogens with one attached hydrogen (secondary N) is 1. The first-order chi connectivity index (χ1) is 12.2. The summed E-state index contributed by atoms with van der Waals surface area (Å²) in [6.45, 7) is 2.16. The van der Waals surface area contributed by atoms with E-state index < -0.39 is 20.0 Å². The Hall–Kier alpha value is -1.77. The second kappa shape index (κ2) is 7.09. The smallest absolute Gasteiger partial charge is 0.236 e. The van der Waals surface area contributed by atoms with Crippen molar-refractivity contribution in [3.63, 3.8) is 0 Å². The molecule has 1 N–H and O–H groups in total. The van der Waals surface area contributed by atoms with E-state index in [1.807, 2.05) is 0 Å². The van der Waals surface area contributed by atoms with E-state index in [4.69, 9.17) is 11.6 Å². The number of hydrogen-bond donors (Lipinski definition) is 1. The van der Waals surface area contributed by atoms with E-state index in [0.717, 1.165) is 0 Å². The lowest BCUT2D eigenvalue weighted by Gasteiger charge is -2.19. The fourth-order valence-corrected chi connectivity index (χ4v) is 5.95. The van der Waals surface area contributed by atoms with E-state index in [-0.39, 0.29) is 11.5 Å². The van der Waals surface area contributed by atoms with Crippen molar-refractivity contribution < 1.29 is 16.8 Å². The second-order valence-electron chi connectivity index (χ2n) is 6.19. The van der Waals surface area contributed by atoms with Crippen molar-refractivity contribution in [3.05, 3.63) is 58.6 Å². The van der Waals surface area contributed by atoms with Gasteiger partial charge in [-0.15, -0.1) is 0 Å². The predicted molar refractivity (Wildman–Crippen MR) is 105 cm³/mol. The summed E-state index contributed by atoms with van der Waals surface area (Å²) < 4.78 is 53.1. The number of hydrogen-bond acceptors (Lipinski definition) is 4. The van der Waals surface area contributed by atoms with Gasteiger partial charge < -0.3 is 0 Å². The highest BCUT2D eigenvalue weighted by Crippen LogP contribution is 2.29. The van der Waals surface area contributed by atoms with Gasteiger partial charge in [0.25, 0.3) is 0 Å². The summed E-state index contributed by atoms with van der Waals surface area (Å²) in [6.07, 6.45) is 0.559. The summed E-state index contributed by atoms with van der Waals surface area (Å²) in [5.41, 5.74) is 2.02. The Morgan fingerprint density at radius 1 is 1.19 bits per heavy atom. The maximum Gasteiger partial charge on any atom is 0.236 e. The van der Waals surface area contributed by atoms with Crippen LogP contribution in [-0.4, -0.2) is 29.1 Å². The Morgan fingerprint density at radius 3 is 2.58 bits per heavy atom. The lowest BCUT2D eigenvalue weighted by atomic mass is 10.2. The van der Waals surface area contributed by atoms with Gasteiger partial charge in [0.15, 0.2) is 0 Å². The van der Waals surface area contributed by atoms with Crippen LogP contribution in [0.1, 0.15) is 17.5 Å². The molecule has 0 aromatic heterocycles. The Bertz CT molecular complexity index is 1040. The molecule has 1 saturated heterocycles. The van der Waals surface area contributed by atoms with Gasteiger partial charge in [-0.2, -0.15) is 0 Å². The van der Waals surface area contributed by atoms with Crippen molar-refractivity contribution in [2.24, 2.45) is 0 Å². The average Bonchev–Trinajstić information content (AvgIpc) is 2.91. The summed E-state index contributed by atoms with van der Waals surface area (Å²) in [7, 11) is -7.03. The number of nitrogens with zero attached hydrogens (tertiary/aromatic N) is 1. The van der Waals surface area contributed by atoms with Gasteiger partial charge in [-0.25, -0.2) is 16.8 Å². The zero-order chi connectivity index (χ0) is 18.9. The lowest BCUT2D eigenvalue weighted by molar-refractivity contribution is 0.598. The van der Waals surface area contributed by atoms with E-state index in [1.54, 1.807) is 49.4 Å². The van der Waals surface area contributed by atoms with E-state index in [1.165, 1.54) is 4.31 Å². The fourth-order valence-electron chi connectivity index (χ4n) is 2.83. The summed E-state index contributed by atoms with van der Waals surface area (Å²) in [6, 6.07) is 11.7. The van der Waals surface area contributed by atoms with Gasteiger partial charge in [-0.3, -0.25) is 9.03 Å². The Morgan fingerprint density at radius 2 is 1.92 bits per heavy atom. The van der Waals surface area contributed by atoms with Crippen molar-refractivity contribution in [1.29, 1.82) is 0 Å². The van der Waals surface area contributed by atoms with Crippen LogP contribution in [0.5, 0.6) is 0 Å². The van der Waals surface area contributed by atoms with Crippen LogP contribution in [-0.2, 0) is 25.8 Å². The normalized spacial score (nSPS) is 16.6. The van der Waals surface area contributed by atoms with Crippen LogP contribution in [0, 0.1) is 6.92 Å². The molecular weight excluding hydrogens is 396 g/mol. The molecule has 0 atom stereocenters. The third-order valence-electron chi connectivity index (χ3n) is 4.18. The summed E-state index contributed by atoms with van der Waals surface area (Å²) in [5.74, 6) is -0.160. The topological polar surface area (TPSA) is 83.6 Å². The molecule has 1 aliphatic heterocycles. The molecule has 26 heavy (non-hydrogen) atoms. The molecule has 0 amide bonds. The average molecular weight is 415 g/mol. The maximum atomic E-state index is 12.5. The highest BCUT2D eigenvalue weighted by molar-refractivity contribution is 7.93. The van der Waals surface area contributed by atoms with E-state index in [9.17, 15) is 16.8 Å². The minimum absolute atomic E-state index is 0.106. The van der Waals surface area contributed by atoms with Crippen LogP contribution < -0.4 is 9.03 Å². The highest BCUT2D eigenvalue weighted by Gasteiger charge is 2.29. The third-order valence-corrected chi connectivity index (χ3v) is 7.64. The van der Waals surface area contributed by atoms with Gasteiger partial charge in [0.05, 0.1) is 22.9 Å². The molecular formula is C17H19ClN2O4S2. The zero-order valence-electron chi connectivity index (χ0n) is 14.1. The molecule has 3 rings (SSSR count). The predicted octanol–water partition coefficient (Wildman–Crippen LogP) is 3.13. The fraction of sp³-hybridized carbons (Fsp3) is 0.294. The quantitative estimate of drug-likeness (QED) is 0.814. The number of sulfonamides is 2. The first-order valence-electron chi connectivity index (χ1n) is 8.03. The number of benzene rings is 2. The molecule has 2 aromatic carbocycles. The van der Waals surface area contributed by atoms with E-state index in [2.05, 4.69) is 4.72 Å². The number of halogens is 1. The standard InChI is InChI=1S/C17H19ClN2O4S2/c1-13-7-8-15(20-9-4-10-26(20,23)24)11-17(13)19-25(21,22)12-14-5-2-3-6-16(14)18/h2-3,5-8,11,19H,4,9-10,12H2,1H3. The van der Waals surface area contributed by atoms with Gasteiger partial charge in [-0.1, -0.05) is 35.9 Å². The van der Waals surface area contributed by atoms with Crippen LogP contribution in [0.2, 0.25) is 5.02 Å². The van der Waals surface area contributed by atoms with Crippen LogP contribution in [0.3, 0.4) is 0 Å². The molecule has 0 radical (unpaired) electrons. The molecule has 1 heterocycles. The minimum Gasteiger partial charge on any atom is -0.283 e. The van der Waals surface area contributed by atoms with Crippen molar-refractivity contribution in [2.45, 2.75) is 19.1 Å². The van der Waals surface area contributed by atoms with Crippen molar-refractivity contribution in [1.82, 2.24) is 0 Å². The van der Waals surface area contributed by atoms with Crippen LogP contribution in [0.4, 0.5) is 11.4 Å². The largest absolute Gasteiger partial charge is 0.283 e. The Balaban J connectivity index is 1.87. The molecule has 0 aliphatic carbocycles. The van der Waals surface area contributed by atoms with Gasteiger partial charge in [0.2, 0.25) is 20.0 Å². The van der Waals surface area contributed by atoms with Gasteiger partial charge >= 0.3 is 0 Å². The lowest BCUT2D eigenvalue weighted by Crippen LogP contribution is -2.25. The minimum atomic E-state index is -3.70. The molecule has 1 fully saturated rings. The summed E-state index contributed by atoms with van der Waals surface area (Å²) in [4.78, 5) is 0. The van der Waals surface area contributed by atoms with Crippen molar-refractivity contribution >= 4 is 43.0 Å². The molecule has 140 valence electrons. The number of rotatable bonds is 5. The molecule has 9 heteroatoms. The summed E-state index contributed by atoms with van der Waals surface area (Å²) in [5, 5.41) is 0.381. The first-order valence-corrected chi connectivity index (χ1v) is 11.7. The summed E-state index contributed by atoms with van der Waals surface area (Å²) >= 11 is 6.04. The molecule has 0 spiro atoms. The van der Waals surface area contributed by atoms with E-state index in [0.29, 0.717) is 40.5 Å². The molecule has 0 saturated carbocycles. The highest BCUT2D eigenvalue weighted by atomic mass is 35.5. The Labute approximate surface area is 158 Å². The molecule has 6 nitrogen and oxygen atoms in total. The first kappa shape index (κ1) is 19.0. The number of anilines is 2. The molecule has 2 aromatic rings. The third kappa shape index (κ3) is 4.13. The van der Waals surface area contributed by atoms with Crippen LogP contribution >= 0.6 is 11.6 Å². The van der Waals surface area contributed by atoms with Crippen LogP contribution in [0.15, 0.2) is 42.5 Å². The number of aryl methyl sites for hydroxylation is 1. The van der Waals surface area contributed by atoms with Crippen LogP contribution in [0.25, 0.3) is 0 Å².